The second-order valence-electron chi connectivity index (χ2n) is 6.27. The molecule has 110 valence electrons. The van der Waals surface area contributed by atoms with E-state index in [2.05, 4.69) is 18.1 Å². The number of benzene rings is 2. The zero-order chi connectivity index (χ0) is 15.1. The monoisotopic (exact) mass is 290 g/mol. The summed E-state index contributed by atoms with van der Waals surface area (Å²) in [6, 6.07) is 15.6. The molecular formula is C20H18O2. The molecule has 2 heteroatoms. The van der Waals surface area contributed by atoms with Gasteiger partial charge in [-0.25, -0.2) is 0 Å². The fraction of sp³-hybridized carbons (Fsp3) is 0.300. The van der Waals surface area contributed by atoms with E-state index in [1.165, 1.54) is 5.56 Å². The minimum atomic E-state index is 0.0128. The molecule has 22 heavy (non-hydrogen) atoms. The summed E-state index contributed by atoms with van der Waals surface area (Å²) in [6.45, 7) is 0. The lowest BCUT2D eigenvalue weighted by atomic mass is 9.80. The fourth-order valence-electron chi connectivity index (χ4n) is 4.00. The number of phenols is 1. The first-order chi connectivity index (χ1) is 10.8. The molecule has 2 aliphatic rings. The fourth-order valence-corrected chi connectivity index (χ4v) is 4.00. The van der Waals surface area contributed by atoms with Crippen molar-refractivity contribution in [2.45, 2.75) is 24.9 Å². The normalized spacial score (nSPS) is 29.0. The van der Waals surface area contributed by atoms with E-state index in [1.54, 1.807) is 12.1 Å². The van der Waals surface area contributed by atoms with Crippen LogP contribution in [-0.2, 0) is 0 Å². The Morgan fingerprint density at radius 2 is 1.82 bits per heavy atom. The van der Waals surface area contributed by atoms with Crippen LogP contribution in [0.1, 0.15) is 36.0 Å². The van der Waals surface area contributed by atoms with E-state index in [0.29, 0.717) is 17.8 Å². The minimum Gasteiger partial charge on any atom is -0.508 e. The third-order valence-corrected chi connectivity index (χ3v) is 5.03. The maximum absolute atomic E-state index is 9.51. The average molecular weight is 290 g/mol. The molecule has 4 rings (SSSR count). The highest BCUT2D eigenvalue weighted by Gasteiger charge is 2.44. The molecular weight excluding hydrogens is 272 g/mol. The van der Waals surface area contributed by atoms with E-state index in [0.717, 1.165) is 24.2 Å². The molecule has 2 nitrogen and oxygen atoms in total. The van der Waals surface area contributed by atoms with E-state index in [9.17, 15) is 5.11 Å². The van der Waals surface area contributed by atoms with Crippen LogP contribution in [0.2, 0.25) is 0 Å². The molecule has 1 aliphatic heterocycles. The first kappa shape index (κ1) is 13.3. The molecule has 1 fully saturated rings. The maximum atomic E-state index is 9.51. The van der Waals surface area contributed by atoms with E-state index < -0.39 is 0 Å². The van der Waals surface area contributed by atoms with Crippen LogP contribution in [0.5, 0.6) is 11.5 Å². The van der Waals surface area contributed by atoms with Gasteiger partial charge < -0.3 is 9.84 Å². The number of hydrogen-bond donors (Lipinski definition) is 1. The van der Waals surface area contributed by atoms with Gasteiger partial charge in [0.1, 0.15) is 17.6 Å². The summed E-state index contributed by atoms with van der Waals surface area (Å²) >= 11 is 0. The SMILES string of the molecule is C#CC1C[C@H]2[C@@H](C1)c1ccccc1O[C@H]2c1ccc(O)cc1. The third kappa shape index (κ3) is 2.05. The lowest BCUT2D eigenvalue weighted by Crippen LogP contribution is -2.26. The number of aromatic hydroxyl groups is 1. The molecule has 0 bridgehead atoms. The Labute approximate surface area is 130 Å². The summed E-state index contributed by atoms with van der Waals surface area (Å²) < 4.78 is 6.31. The van der Waals surface area contributed by atoms with Crippen molar-refractivity contribution < 1.29 is 9.84 Å². The second kappa shape index (κ2) is 5.10. The number of terminal acetylenes is 1. The van der Waals surface area contributed by atoms with Crippen LogP contribution in [0.15, 0.2) is 48.5 Å². The van der Waals surface area contributed by atoms with Gasteiger partial charge in [-0.15, -0.1) is 12.3 Å². The number of fused-ring (bicyclic) bond motifs is 3. The molecule has 1 unspecified atom stereocenters. The van der Waals surface area contributed by atoms with E-state index in [4.69, 9.17) is 11.2 Å². The highest BCUT2D eigenvalue weighted by molar-refractivity contribution is 5.42. The molecule has 0 aromatic heterocycles. The predicted octanol–water partition coefficient (Wildman–Crippen LogP) is 4.27. The molecule has 4 atom stereocenters. The number of para-hydroxylation sites is 1. The lowest BCUT2D eigenvalue weighted by Gasteiger charge is -2.36. The zero-order valence-corrected chi connectivity index (χ0v) is 12.3. The Kier molecular flexibility index (Phi) is 3.08. The van der Waals surface area contributed by atoms with E-state index in [1.807, 2.05) is 24.3 Å². The molecule has 1 heterocycles. The average Bonchev–Trinajstić information content (AvgIpc) is 2.99. The Balaban J connectivity index is 1.77. The number of rotatable bonds is 1. The van der Waals surface area contributed by atoms with Crippen LogP contribution in [-0.4, -0.2) is 5.11 Å². The van der Waals surface area contributed by atoms with Gasteiger partial charge >= 0.3 is 0 Å². The summed E-state index contributed by atoms with van der Waals surface area (Å²) in [6.07, 6.45) is 7.74. The van der Waals surface area contributed by atoms with Crippen LogP contribution in [0, 0.1) is 24.2 Å². The lowest BCUT2D eigenvalue weighted by molar-refractivity contribution is 0.103. The topological polar surface area (TPSA) is 29.5 Å². The first-order valence-electron chi connectivity index (χ1n) is 7.77. The van der Waals surface area contributed by atoms with Crippen molar-refractivity contribution in [1.29, 1.82) is 0 Å². The van der Waals surface area contributed by atoms with Crippen LogP contribution >= 0.6 is 0 Å². The summed E-state index contributed by atoms with van der Waals surface area (Å²) in [7, 11) is 0. The quantitative estimate of drug-likeness (QED) is 0.795. The van der Waals surface area contributed by atoms with Crippen LogP contribution < -0.4 is 4.74 Å². The van der Waals surface area contributed by atoms with Crippen LogP contribution in [0.4, 0.5) is 0 Å². The third-order valence-electron chi connectivity index (χ3n) is 5.03. The molecule has 1 saturated carbocycles. The van der Waals surface area contributed by atoms with Gasteiger partial charge in [0, 0.05) is 11.8 Å². The van der Waals surface area contributed by atoms with E-state index in [-0.39, 0.29) is 11.9 Å². The first-order valence-corrected chi connectivity index (χ1v) is 7.77. The van der Waals surface area contributed by atoms with Gasteiger partial charge in [0.15, 0.2) is 0 Å². The van der Waals surface area contributed by atoms with Gasteiger partial charge in [0.05, 0.1) is 0 Å². The summed E-state index contributed by atoms with van der Waals surface area (Å²) in [4.78, 5) is 0. The summed E-state index contributed by atoms with van der Waals surface area (Å²) in [5, 5.41) is 9.51. The molecule has 1 N–H and O–H groups in total. The van der Waals surface area contributed by atoms with Crippen molar-refractivity contribution in [3.63, 3.8) is 0 Å². The zero-order valence-electron chi connectivity index (χ0n) is 12.3. The Bertz CT molecular complexity index is 726. The standard InChI is InChI=1S/C20H18O2/c1-2-13-11-17-16-5-3-4-6-19(16)22-20(18(17)12-13)14-7-9-15(21)10-8-14/h1,3-10,13,17-18,20-21H,11-12H2/t13?,17-,18-,20-/m0/s1. The van der Waals surface area contributed by atoms with Gasteiger partial charge in [0.2, 0.25) is 0 Å². The van der Waals surface area contributed by atoms with Gasteiger partial charge in [-0.3, -0.25) is 0 Å². The van der Waals surface area contributed by atoms with E-state index >= 15 is 0 Å². The van der Waals surface area contributed by atoms with Crippen molar-refractivity contribution in [2.75, 3.05) is 0 Å². The highest BCUT2D eigenvalue weighted by atomic mass is 16.5. The molecule has 2 aromatic carbocycles. The van der Waals surface area contributed by atoms with Gasteiger partial charge in [-0.05, 0) is 48.1 Å². The molecule has 0 amide bonds. The summed E-state index contributed by atoms with van der Waals surface area (Å²) in [5.74, 6) is 5.38. The number of phenolic OH excluding ortho intramolecular Hbond substituents is 1. The minimum absolute atomic E-state index is 0.0128. The Morgan fingerprint density at radius 1 is 1.05 bits per heavy atom. The van der Waals surface area contributed by atoms with Gasteiger partial charge in [-0.1, -0.05) is 30.3 Å². The molecule has 0 saturated heterocycles. The number of hydrogen-bond acceptors (Lipinski definition) is 2. The van der Waals surface area contributed by atoms with Crippen molar-refractivity contribution in [1.82, 2.24) is 0 Å². The summed E-state index contributed by atoms with van der Waals surface area (Å²) in [5.41, 5.74) is 2.40. The smallest absolute Gasteiger partial charge is 0.127 e. The highest BCUT2D eigenvalue weighted by Crippen LogP contribution is 2.55. The molecule has 0 radical (unpaired) electrons. The predicted molar refractivity (Wildman–Crippen MR) is 85.7 cm³/mol. The van der Waals surface area contributed by atoms with Crippen molar-refractivity contribution in [3.8, 4) is 23.8 Å². The molecule has 0 spiro atoms. The molecule has 1 aliphatic carbocycles. The maximum Gasteiger partial charge on any atom is 0.127 e. The van der Waals surface area contributed by atoms with Gasteiger partial charge in [-0.2, -0.15) is 0 Å². The van der Waals surface area contributed by atoms with Crippen LogP contribution in [0.3, 0.4) is 0 Å². The van der Waals surface area contributed by atoms with Crippen LogP contribution in [0.25, 0.3) is 0 Å². The van der Waals surface area contributed by atoms with Crippen molar-refractivity contribution in [2.24, 2.45) is 11.8 Å². The van der Waals surface area contributed by atoms with Crippen molar-refractivity contribution >= 4 is 0 Å². The van der Waals surface area contributed by atoms with Gasteiger partial charge in [0.25, 0.3) is 0 Å². The number of ether oxygens (including phenoxy) is 1. The van der Waals surface area contributed by atoms with Crippen molar-refractivity contribution in [3.05, 3.63) is 59.7 Å². The molecule has 2 aromatic rings. The Hall–Kier alpha value is -2.40. The Morgan fingerprint density at radius 3 is 2.59 bits per heavy atom. The second-order valence-corrected chi connectivity index (χ2v) is 6.27. The largest absolute Gasteiger partial charge is 0.508 e.